The van der Waals surface area contributed by atoms with Gasteiger partial charge in [0.25, 0.3) is 0 Å². The van der Waals surface area contributed by atoms with Crippen LogP contribution in [0.1, 0.15) is 29.9 Å². The van der Waals surface area contributed by atoms with Crippen LogP contribution in [-0.4, -0.2) is 22.6 Å². The first-order valence-electron chi connectivity index (χ1n) is 9.45. The van der Waals surface area contributed by atoms with Crippen LogP contribution in [0.5, 0.6) is 0 Å². The van der Waals surface area contributed by atoms with Crippen molar-refractivity contribution < 1.29 is 4.52 Å². The Morgan fingerprint density at radius 2 is 2.04 bits per heavy atom. The normalized spacial score (nSPS) is 14.0. The van der Waals surface area contributed by atoms with E-state index in [2.05, 4.69) is 38.6 Å². The van der Waals surface area contributed by atoms with Gasteiger partial charge in [-0.3, -0.25) is 4.99 Å². The van der Waals surface area contributed by atoms with Crippen molar-refractivity contribution in [1.29, 1.82) is 0 Å². The molecule has 3 N–H and O–H groups in total. The van der Waals surface area contributed by atoms with E-state index in [1.807, 2.05) is 12.1 Å². The molecule has 1 aliphatic carbocycles. The fourth-order valence-corrected chi connectivity index (χ4v) is 3.64. The quantitative estimate of drug-likeness (QED) is 0.498. The second-order valence-electron chi connectivity index (χ2n) is 6.81. The molecule has 7 heteroatoms. The minimum atomic E-state index is 0.397. The number of aliphatic imine (C=N–C) groups is 1. The molecule has 4 rings (SSSR count). The number of nitrogens with two attached hydrogens (primary N) is 1. The lowest BCUT2D eigenvalue weighted by molar-refractivity contribution is 0.380. The largest absolute Gasteiger partial charge is 0.370 e. The van der Waals surface area contributed by atoms with Gasteiger partial charge in [-0.1, -0.05) is 41.0 Å². The third-order valence-electron chi connectivity index (χ3n) is 4.82. The summed E-state index contributed by atoms with van der Waals surface area (Å²) in [6, 6.07) is 13.7. The van der Waals surface area contributed by atoms with Gasteiger partial charge >= 0.3 is 0 Å². The van der Waals surface area contributed by atoms with Crippen LogP contribution in [-0.2, 0) is 19.3 Å². The van der Waals surface area contributed by atoms with Crippen LogP contribution >= 0.6 is 11.6 Å². The van der Waals surface area contributed by atoms with Gasteiger partial charge in [-0.05, 0) is 55.0 Å². The summed E-state index contributed by atoms with van der Waals surface area (Å²) in [7, 11) is 0. The van der Waals surface area contributed by atoms with Crippen molar-refractivity contribution in [3.8, 4) is 11.4 Å². The Balaban J connectivity index is 1.36. The highest BCUT2D eigenvalue weighted by Crippen LogP contribution is 2.27. The van der Waals surface area contributed by atoms with Crippen LogP contribution < -0.4 is 11.1 Å². The highest BCUT2D eigenvalue weighted by molar-refractivity contribution is 6.30. The van der Waals surface area contributed by atoms with Crippen molar-refractivity contribution >= 4 is 23.2 Å². The molecule has 0 radical (unpaired) electrons. The molecule has 0 spiro atoms. The summed E-state index contributed by atoms with van der Waals surface area (Å²) in [5.74, 6) is 1.43. The third-order valence-corrected chi connectivity index (χ3v) is 5.05. The number of hydrogen-bond donors (Lipinski definition) is 2. The predicted octanol–water partition coefficient (Wildman–Crippen LogP) is 4.24. The maximum absolute atomic E-state index is 6.07. The highest BCUT2D eigenvalue weighted by atomic mass is 35.5. The Hall–Kier alpha value is -2.86. The SMILES string of the molecule is NC(=NCCc1nc(-c2cccc(Cl)c2)no1)Nc1cccc2c1CCCC2. The molecule has 2 aromatic carbocycles. The second-order valence-corrected chi connectivity index (χ2v) is 7.25. The number of guanidine groups is 1. The van der Waals surface area contributed by atoms with Crippen molar-refractivity contribution in [2.24, 2.45) is 10.7 Å². The number of benzene rings is 2. The first-order valence-corrected chi connectivity index (χ1v) is 9.83. The number of fused-ring (bicyclic) bond motifs is 1. The van der Waals surface area contributed by atoms with Gasteiger partial charge in [0.05, 0.1) is 6.54 Å². The fourth-order valence-electron chi connectivity index (χ4n) is 3.45. The lowest BCUT2D eigenvalue weighted by Crippen LogP contribution is -2.24. The molecule has 0 atom stereocenters. The van der Waals surface area contributed by atoms with Crippen molar-refractivity contribution in [2.45, 2.75) is 32.1 Å². The monoisotopic (exact) mass is 395 g/mol. The molecule has 6 nitrogen and oxygen atoms in total. The molecule has 28 heavy (non-hydrogen) atoms. The molecule has 1 aliphatic rings. The molecule has 3 aromatic rings. The third kappa shape index (κ3) is 4.34. The number of aryl methyl sites for hydroxylation is 1. The summed E-state index contributed by atoms with van der Waals surface area (Å²) in [5, 5.41) is 7.88. The highest BCUT2D eigenvalue weighted by Gasteiger charge is 2.13. The predicted molar refractivity (Wildman–Crippen MR) is 112 cm³/mol. The van der Waals surface area contributed by atoms with Crippen LogP contribution in [0, 0.1) is 0 Å². The van der Waals surface area contributed by atoms with Crippen LogP contribution in [0.2, 0.25) is 5.02 Å². The van der Waals surface area contributed by atoms with Crippen molar-refractivity contribution in [3.05, 3.63) is 64.5 Å². The van der Waals surface area contributed by atoms with Crippen LogP contribution in [0.4, 0.5) is 5.69 Å². The number of rotatable bonds is 5. The zero-order chi connectivity index (χ0) is 19.3. The molecule has 1 heterocycles. The van der Waals surface area contributed by atoms with Gasteiger partial charge in [-0.2, -0.15) is 4.98 Å². The zero-order valence-corrected chi connectivity index (χ0v) is 16.2. The molecular weight excluding hydrogens is 374 g/mol. The van der Waals surface area contributed by atoms with E-state index < -0.39 is 0 Å². The summed E-state index contributed by atoms with van der Waals surface area (Å²) >= 11 is 6.01. The molecule has 0 bridgehead atoms. The molecule has 0 amide bonds. The average Bonchev–Trinajstić information content (AvgIpc) is 3.17. The first-order chi connectivity index (χ1) is 13.7. The molecule has 1 aromatic heterocycles. The number of hydrogen-bond acceptors (Lipinski definition) is 4. The van der Waals surface area contributed by atoms with Gasteiger partial charge in [0.2, 0.25) is 11.7 Å². The van der Waals surface area contributed by atoms with Gasteiger partial charge < -0.3 is 15.6 Å². The van der Waals surface area contributed by atoms with Crippen molar-refractivity contribution in [3.63, 3.8) is 0 Å². The molecule has 0 aliphatic heterocycles. The molecular formula is C21H22ClN5O. The summed E-state index contributed by atoms with van der Waals surface area (Å²) in [5.41, 5.74) is 10.7. The van der Waals surface area contributed by atoms with Gasteiger partial charge in [0, 0.05) is 22.7 Å². The number of nitrogens with zero attached hydrogens (tertiary/aromatic N) is 3. The first kappa shape index (κ1) is 18.5. The summed E-state index contributed by atoms with van der Waals surface area (Å²) in [4.78, 5) is 8.79. The molecule has 144 valence electrons. The lowest BCUT2D eigenvalue weighted by atomic mass is 9.90. The maximum atomic E-state index is 6.07. The average molecular weight is 396 g/mol. The molecule has 0 unspecified atom stereocenters. The zero-order valence-electron chi connectivity index (χ0n) is 15.5. The van der Waals surface area contributed by atoms with E-state index in [1.165, 1.54) is 24.0 Å². The summed E-state index contributed by atoms with van der Waals surface area (Å²) < 4.78 is 5.30. The van der Waals surface area contributed by atoms with Crippen molar-refractivity contribution in [1.82, 2.24) is 10.1 Å². The standard InChI is InChI=1S/C21H22ClN5O/c22-16-8-3-7-15(13-16)20-26-19(28-27-20)11-12-24-21(23)25-18-10-4-6-14-5-1-2-9-17(14)18/h3-4,6-8,10,13H,1-2,5,9,11-12H2,(H3,23,24,25). The van der Waals surface area contributed by atoms with Gasteiger partial charge in [-0.15, -0.1) is 0 Å². The number of aromatic nitrogens is 2. The van der Waals surface area contributed by atoms with Crippen LogP contribution in [0.3, 0.4) is 0 Å². The Morgan fingerprint density at radius 3 is 2.93 bits per heavy atom. The van der Waals surface area contributed by atoms with E-state index in [4.69, 9.17) is 21.9 Å². The van der Waals surface area contributed by atoms with E-state index in [0.717, 1.165) is 24.1 Å². The number of nitrogens with one attached hydrogen (secondary N) is 1. The Bertz CT molecular complexity index is 998. The van der Waals surface area contributed by atoms with Crippen LogP contribution in [0.25, 0.3) is 11.4 Å². The summed E-state index contributed by atoms with van der Waals surface area (Å²) in [6.45, 7) is 0.463. The van der Waals surface area contributed by atoms with Gasteiger partial charge in [-0.25, -0.2) is 0 Å². The molecule has 0 saturated carbocycles. The maximum Gasteiger partial charge on any atom is 0.228 e. The van der Waals surface area contributed by atoms with E-state index >= 15 is 0 Å². The lowest BCUT2D eigenvalue weighted by Gasteiger charge is -2.19. The summed E-state index contributed by atoms with van der Waals surface area (Å²) in [6.07, 6.45) is 5.20. The van der Waals surface area contributed by atoms with E-state index in [0.29, 0.717) is 35.7 Å². The fraction of sp³-hybridized carbons (Fsp3) is 0.286. The molecule has 0 saturated heterocycles. The smallest absolute Gasteiger partial charge is 0.228 e. The molecule has 0 fully saturated rings. The van der Waals surface area contributed by atoms with E-state index in [9.17, 15) is 0 Å². The van der Waals surface area contributed by atoms with E-state index in [1.54, 1.807) is 12.1 Å². The Morgan fingerprint density at radius 1 is 1.18 bits per heavy atom. The Labute approximate surface area is 168 Å². The van der Waals surface area contributed by atoms with Crippen molar-refractivity contribution in [2.75, 3.05) is 11.9 Å². The Kier molecular flexibility index (Phi) is 5.58. The second kappa shape index (κ2) is 8.44. The number of anilines is 1. The minimum Gasteiger partial charge on any atom is -0.370 e. The van der Waals surface area contributed by atoms with Crippen LogP contribution in [0.15, 0.2) is 52.0 Å². The topological polar surface area (TPSA) is 89.3 Å². The van der Waals surface area contributed by atoms with Gasteiger partial charge in [0.15, 0.2) is 5.96 Å². The van der Waals surface area contributed by atoms with E-state index in [-0.39, 0.29) is 0 Å². The van der Waals surface area contributed by atoms with Gasteiger partial charge in [0.1, 0.15) is 0 Å². The number of halogens is 1. The minimum absolute atomic E-state index is 0.397.